The highest BCUT2D eigenvalue weighted by Crippen LogP contribution is 2.34. The van der Waals surface area contributed by atoms with Gasteiger partial charge in [-0.05, 0) is 13.3 Å². The number of urea groups is 2. The van der Waals surface area contributed by atoms with Gasteiger partial charge in [0.25, 0.3) is 0 Å². The summed E-state index contributed by atoms with van der Waals surface area (Å²) in [7, 11) is 3.09. The van der Waals surface area contributed by atoms with Crippen molar-refractivity contribution in [2.24, 2.45) is 0 Å². The molecule has 0 bridgehead atoms. The molecule has 0 spiro atoms. The molecule has 0 aromatic rings. The lowest BCUT2D eigenvalue weighted by molar-refractivity contribution is 0.0229. The van der Waals surface area contributed by atoms with Crippen LogP contribution < -0.4 is 0 Å². The number of ether oxygens (including phenoxy) is 2. The van der Waals surface area contributed by atoms with E-state index in [1.165, 1.54) is 0 Å². The molecule has 2 fully saturated rings. The third-order valence-corrected chi connectivity index (χ3v) is 3.87. The van der Waals surface area contributed by atoms with Crippen LogP contribution in [0.4, 0.5) is 9.59 Å². The zero-order valence-corrected chi connectivity index (χ0v) is 13.1. The Hall–Kier alpha value is -1.54. The Labute approximate surface area is 125 Å². The fourth-order valence-corrected chi connectivity index (χ4v) is 3.10. The van der Waals surface area contributed by atoms with Gasteiger partial charge in [0.15, 0.2) is 12.3 Å². The van der Waals surface area contributed by atoms with Crippen LogP contribution in [0.25, 0.3) is 0 Å². The largest absolute Gasteiger partial charge is 0.364 e. The molecular weight excluding hydrogens is 276 g/mol. The molecule has 0 aliphatic carbocycles. The van der Waals surface area contributed by atoms with Crippen molar-refractivity contribution in [3.05, 3.63) is 0 Å². The molecule has 0 saturated carbocycles. The van der Waals surface area contributed by atoms with Gasteiger partial charge in [0.1, 0.15) is 13.5 Å². The van der Waals surface area contributed by atoms with Crippen molar-refractivity contribution in [1.82, 2.24) is 19.6 Å². The number of rotatable bonds is 7. The first-order valence-corrected chi connectivity index (χ1v) is 7.24. The first-order valence-electron chi connectivity index (χ1n) is 7.24. The fraction of sp³-hybridized carbons (Fsp3) is 0.846. The van der Waals surface area contributed by atoms with Crippen LogP contribution in [-0.2, 0) is 9.47 Å². The van der Waals surface area contributed by atoms with Crippen LogP contribution >= 0.6 is 0 Å². The maximum absolute atomic E-state index is 12.6. The molecule has 2 aliphatic heterocycles. The van der Waals surface area contributed by atoms with Gasteiger partial charge in [-0.15, -0.1) is 0 Å². The van der Waals surface area contributed by atoms with Gasteiger partial charge in [-0.25, -0.2) is 9.59 Å². The standard InChI is InChI=1S/C13H24N4O4/c1-5-7-15-11-10(16(8-20-3)13(15)19)14(6-2)12(18)17(11)9-21-4/h10-11H,5-9H2,1-4H3. The quantitative estimate of drug-likeness (QED) is 0.696. The molecule has 8 nitrogen and oxygen atoms in total. The van der Waals surface area contributed by atoms with E-state index in [-0.39, 0.29) is 37.9 Å². The summed E-state index contributed by atoms with van der Waals surface area (Å²) in [4.78, 5) is 31.7. The lowest BCUT2D eigenvalue weighted by Crippen LogP contribution is -2.47. The molecule has 4 amide bonds. The Morgan fingerprint density at radius 3 is 1.76 bits per heavy atom. The molecule has 0 aromatic carbocycles. The predicted octanol–water partition coefficient (Wildman–Crippen LogP) is 0.752. The Morgan fingerprint density at radius 1 is 0.857 bits per heavy atom. The van der Waals surface area contributed by atoms with E-state index in [2.05, 4.69) is 0 Å². The lowest BCUT2D eigenvalue weighted by Gasteiger charge is -2.28. The van der Waals surface area contributed by atoms with E-state index in [9.17, 15) is 9.59 Å². The monoisotopic (exact) mass is 300 g/mol. The summed E-state index contributed by atoms with van der Waals surface area (Å²) in [5, 5.41) is 0. The van der Waals surface area contributed by atoms with Crippen LogP contribution in [0.3, 0.4) is 0 Å². The van der Waals surface area contributed by atoms with Gasteiger partial charge in [0, 0.05) is 27.3 Å². The number of amides is 4. The number of carbonyl (C=O) groups is 2. The van der Waals surface area contributed by atoms with Crippen LogP contribution in [-0.4, -0.2) is 84.8 Å². The maximum Gasteiger partial charge on any atom is 0.325 e. The van der Waals surface area contributed by atoms with Crippen molar-refractivity contribution in [1.29, 1.82) is 0 Å². The first kappa shape index (κ1) is 15.8. The minimum atomic E-state index is -0.323. The fourth-order valence-electron chi connectivity index (χ4n) is 3.10. The normalized spacial score (nSPS) is 25.3. The summed E-state index contributed by atoms with van der Waals surface area (Å²) < 4.78 is 10.3. The molecule has 2 atom stereocenters. The summed E-state index contributed by atoms with van der Waals surface area (Å²) in [5.74, 6) is 0. The molecule has 0 N–H and O–H groups in total. The van der Waals surface area contributed by atoms with Gasteiger partial charge in [-0.2, -0.15) is 0 Å². The zero-order valence-electron chi connectivity index (χ0n) is 13.1. The van der Waals surface area contributed by atoms with Crippen molar-refractivity contribution in [2.75, 3.05) is 40.8 Å². The van der Waals surface area contributed by atoms with Gasteiger partial charge >= 0.3 is 12.1 Å². The van der Waals surface area contributed by atoms with Crippen LogP contribution in [0.15, 0.2) is 0 Å². The van der Waals surface area contributed by atoms with Crippen LogP contribution in [0.5, 0.6) is 0 Å². The number of nitrogens with zero attached hydrogens (tertiary/aromatic N) is 4. The summed E-state index contributed by atoms with van der Waals surface area (Å²) in [6.07, 6.45) is 0.188. The Bertz CT molecular complexity index is 402. The number of methoxy groups -OCH3 is 2. The molecule has 2 rings (SSSR count). The summed E-state index contributed by atoms with van der Waals surface area (Å²) >= 11 is 0. The highest BCUT2D eigenvalue weighted by atomic mass is 16.5. The maximum atomic E-state index is 12.6. The topological polar surface area (TPSA) is 65.6 Å². The van der Waals surface area contributed by atoms with E-state index in [0.29, 0.717) is 13.1 Å². The van der Waals surface area contributed by atoms with E-state index in [1.54, 1.807) is 33.8 Å². The minimum absolute atomic E-state index is 0.0965. The van der Waals surface area contributed by atoms with E-state index < -0.39 is 0 Å². The average molecular weight is 300 g/mol. The van der Waals surface area contributed by atoms with Gasteiger partial charge in [0.2, 0.25) is 0 Å². The molecule has 0 radical (unpaired) electrons. The molecule has 0 aromatic heterocycles. The highest BCUT2D eigenvalue weighted by molar-refractivity contribution is 5.85. The van der Waals surface area contributed by atoms with Crippen molar-refractivity contribution in [3.63, 3.8) is 0 Å². The third-order valence-electron chi connectivity index (χ3n) is 3.87. The molecule has 2 saturated heterocycles. The predicted molar refractivity (Wildman–Crippen MR) is 75.2 cm³/mol. The van der Waals surface area contributed by atoms with Gasteiger partial charge in [-0.3, -0.25) is 14.7 Å². The molecular formula is C13H24N4O4. The number of fused-ring (bicyclic) bond motifs is 1. The van der Waals surface area contributed by atoms with Crippen molar-refractivity contribution >= 4 is 12.1 Å². The smallest absolute Gasteiger partial charge is 0.325 e. The van der Waals surface area contributed by atoms with E-state index in [1.807, 2.05) is 13.8 Å². The van der Waals surface area contributed by atoms with E-state index >= 15 is 0 Å². The molecule has 8 heteroatoms. The summed E-state index contributed by atoms with van der Waals surface area (Å²) in [5.41, 5.74) is 0. The van der Waals surface area contributed by atoms with Crippen LogP contribution in [0.1, 0.15) is 20.3 Å². The van der Waals surface area contributed by atoms with Crippen molar-refractivity contribution in [2.45, 2.75) is 32.6 Å². The van der Waals surface area contributed by atoms with Gasteiger partial charge < -0.3 is 14.4 Å². The summed E-state index contributed by atoms with van der Waals surface area (Å²) in [6.45, 7) is 5.40. The van der Waals surface area contributed by atoms with Crippen molar-refractivity contribution < 1.29 is 19.1 Å². The second kappa shape index (κ2) is 6.48. The second-order valence-corrected chi connectivity index (χ2v) is 5.15. The van der Waals surface area contributed by atoms with Gasteiger partial charge in [-0.1, -0.05) is 6.92 Å². The lowest BCUT2D eigenvalue weighted by atomic mass is 10.3. The SMILES string of the molecule is CCCN1C(=O)N(COC)C2C1N(COC)C(=O)N2CC. The summed E-state index contributed by atoms with van der Waals surface area (Å²) in [6, 6.07) is -0.204. The van der Waals surface area contributed by atoms with E-state index in [4.69, 9.17) is 9.47 Å². The zero-order chi connectivity index (χ0) is 15.6. The molecule has 2 heterocycles. The first-order chi connectivity index (χ1) is 10.1. The third kappa shape index (κ3) is 2.42. The van der Waals surface area contributed by atoms with E-state index in [0.717, 1.165) is 6.42 Å². The number of carbonyl (C=O) groups excluding carboxylic acids is 2. The Kier molecular flexibility index (Phi) is 4.89. The molecule has 120 valence electrons. The minimum Gasteiger partial charge on any atom is -0.364 e. The second-order valence-electron chi connectivity index (χ2n) is 5.15. The van der Waals surface area contributed by atoms with Gasteiger partial charge in [0.05, 0.1) is 0 Å². The number of likely N-dealkylation sites (N-methyl/N-ethyl adjacent to an activating group) is 1. The number of hydrogen-bond donors (Lipinski definition) is 0. The number of hydrogen-bond acceptors (Lipinski definition) is 4. The van der Waals surface area contributed by atoms with Crippen molar-refractivity contribution in [3.8, 4) is 0 Å². The molecule has 2 aliphatic rings. The van der Waals surface area contributed by atoms with Crippen LogP contribution in [0.2, 0.25) is 0 Å². The average Bonchev–Trinajstić information content (AvgIpc) is 2.88. The highest BCUT2D eigenvalue weighted by Gasteiger charge is 2.58. The Morgan fingerprint density at radius 2 is 1.33 bits per heavy atom. The molecule has 2 unspecified atom stereocenters. The Balaban J connectivity index is 2.36. The van der Waals surface area contributed by atoms with Crippen LogP contribution in [0, 0.1) is 0 Å². The molecule has 21 heavy (non-hydrogen) atoms.